The zero-order valence-corrected chi connectivity index (χ0v) is 8.77. The van der Waals surface area contributed by atoms with Gasteiger partial charge in [-0.2, -0.15) is 0 Å². The molecular formula is C11H14O4. The van der Waals surface area contributed by atoms with Gasteiger partial charge in [0.15, 0.2) is 6.10 Å². The van der Waals surface area contributed by atoms with Crippen molar-refractivity contribution in [3.8, 4) is 5.75 Å². The van der Waals surface area contributed by atoms with Crippen LogP contribution in [0.4, 0.5) is 0 Å². The Balaban J connectivity index is 2.89. The first-order valence-corrected chi connectivity index (χ1v) is 4.68. The molecule has 0 aliphatic heterocycles. The first-order chi connectivity index (χ1) is 7.20. The van der Waals surface area contributed by atoms with Crippen LogP contribution >= 0.6 is 0 Å². The molecule has 0 saturated carbocycles. The average Bonchev–Trinajstić information content (AvgIpc) is 2.28. The highest BCUT2D eigenvalue weighted by Gasteiger charge is 2.21. The molecule has 0 heterocycles. The van der Waals surface area contributed by atoms with Crippen molar-refractivity contribution >= 4 is 5.97 Å². The lowest BCUT2D eigenvalue weighted by atomic mass is 10.1. The van der Waals surface area contributed by atoms with Crippen LogP contribution in [-0.4, -0.2) is 24.8 Å². The summed E-state index contributed by atoms with van der Waals surface area (Å²) < 4.78 is 9.74. The summed E-state index contributed by atoms with van der Waals surface area (Å²) >= 11 is 0. The van der Waals surface area contributed by atoms with Crippen LogP contribution in [0.2, 0.25) is 0 Å². The topological polar surface area (TPSA) is 55.8 Å². The standard InChI is InChI=1S/C11H14O4/c1-3-15-11(13)10(12)8-6-4-5-7-9(8)14-2/h4-7,10,12H,3H2,1-2H3/t10-/m1/s1. The van der Waals surface area contributed by atoms with E-state index in [0.29, 0.717) is 11.3 Å². The van der Waals surface area contributed by atoms with E-state index in [1.54, 1.807) is 31.2 Å². The maximum Gasteiger partial charge on any atom is 0.339 e. The Kier molecular flexibility index (Phi) is 4.12. The lowest BCUT2D eigenvalue weighted by molar-refractivity contribution is -0.153. The second kappa shape index (κ2) is 5.36. The highest BCUT2D eigenvalue weighted by molar-refractivity contribution is 5.77. The molecule has 1 N–H and O–H groups in total. The number of esters is 1. The van der Waals surface area contributed by atoms with Gasteiger partial charge in [0.2, 0.25) is 0 Å². The van der Waals surface area contributed by atoms with E-state index in [-0.39, 0.29) is 6.61 Å². The molecule has 1 aromatic rings. The summed E-state index contributed by atoms with van der Waals surface area (Å²) in [5, 5.41) is 9.68. The van der Waals surface area contributed by atoms with E-state index in [0.717, 1.165) is 0 Å². The second-order valence-electron chi connectivity index (χ2n) is 2.90. The predicted octanol–water partition coefficient (Wildman–Crippen LogP) is 1.29. The lowest BCUT2D eigenvalue weighted by Crippen LogP contribution is -2.16. The molecule has 0 saturated heterocycles. The highest BCUT2D eigenvalue weighted by atomic mass is 16.5. The number of carbonyl (C=O) groups is 1. The third-order valence-electron chi connectivity index (χ3n) is 1.94. The fraction of sp³-hybridized carbons (Fsp3) is 0.364. The maximum absolute atomic E-state index is 11.3. The van der Waals surface area contributed by atoms with E-state index in [9.17, 15) is 9.90 Å². The molecule has 0 aliphatic rings. The summed E-state index contributed by atoms with van der Waals surface area (Å²) in [6.07, 6.45) is -1.29. The molecule has 0 aromatic heterocycles. The third-order valence-corrected chi connectivity index (χ3v) is 1.94. The molecule has 0 spiro atoms. The van der Waals surface area contributed by atoms with Crippen LogP contribution in [0.5, 0.6) is 5.75 Å². The van der Waals surface area contributed by atoms with Crippen LogP contribution in [-0.2, 0) is 9.53 Å². The van der Waals surface area contributed by atoms with Crippen LogP contribution < -0.4 is 4.74 Å². The van der Waals surface area contributed by atoms with Crippen molar-refractivity contribution in [2.24, 2.45) is 0 Å². The molecule has 0 amide bonds. The molecule has 0 aliphatic carbocycles. The maximum atomic E-state index is 11.3. The van der Waals surface area contributed by atoms with E-state index >= 15 is 0 Å². The van der Waals surface area contributed by atoms with E-state index in [1.165, 1.54) is 7.11 Å². The lowest BCUT2D eigenvalue weighted by Gasteiger charge is -2.13. The molecular weight excluding hydrogens is 196 g/mol. The van der Waals surface area contributed by atoms with Gasteiger partial charge in [0.1, 0.15) is 5.75 Å². The van der Waals surface area contributed by atoms with Crippen molar-refractivity contribution in [2.45, 2.75) is 13.0 Å². The molecule has 15 heavy (non-hydrogen) atoms. The highest BCUT2D eigenvalue weighted by Crippen LogP contribution is 2.25. The Morgan fingerprint density at radius 1 is 1.47 bits per heavy atom. The van der Waals surface area contributed by atoms with E-state index < -0.39 is 12.1 Å². The molecule has 0 unspecified atom stereocenters. The van der Waals surface area contributed by atoms with Gasteiger partial charge in [0, 0.05) is 5.56 Å². The van der Waals surface area contributed by atoms with Gasteiger partial charge in [-0.25, -0.2) is 4.79 Å². The number of carbonyl (C=O) groups excluding carboxylic acids is 1. The van der Waals surface area contributed by atoms with Gasteiger partial charge in [-0.15, -0.1) is 0 Å². The number of hydrogen-bond acceptors (Lipinski definition) is 4. The number of hydrogen-bond donors (Lipinski definition) is 1. The predicted molar refractivity (Wildman–Crippen MR) is 54.6 cm³/mol. The first kappa shape index (κ1) is 11.5. The Morgan fingerprint density at radius 2 is 2.13 bits per heavy atom. The van der Waals surface area contributed by atoms with Gasteiger partial charge in [0.25, 0.3) is 0 Å². The number of ether oxygens (including phenoxy) is 2. The summed E-state index contributed by atoms with van der Waals surface area (Å²) in [5.41, 5.74) is 0.415. The van der Waals surface area contributed by atoms with Crippen LogP contribution in [0.15, 0.2) is 24.3 Å². The molecule has 0 radical (unpaired) electrons. The van der Waals surface area contributed by atoms with Gasteiger partial charge >= 0.3 is 5.97 Å². The zero-order valence-electron chi connectivity index (χ0n) is 8.77. The fourth-order valence-electron chi connectivity index (χ4n) is 1.24. The quantitative estimate of drug-likeness (QED) is 0.761. The van der Waals surface area contributed by atoms with Crippen LogP contribution in [0.1, 0.15) is 18.6 Å². The van der Waals surface area contributed by atoms with Gasteiger partial charge < -0.3 is 14.6 Å². The minimum absolute atomic E-state index is 0.241. The van der Waals surface area contributed by atoms with E-state index in [1.807, 2.05) is 0 Å². The summed E-state index contributed by atoms with van der Waals surface area (Å²) in [6, 6.07) is 6.79. The van der Waals surface area contributed by atoms with Gasteiger partial charge in [-0.3, -0.25) is 0 Å². The molecule has 1 atom stereocenters. The van der Waals surface area contributed by atoms with Crippen molar-refractivity contribution in [3.05, 3.63) is 29.8 Å². The smallest absolute Gasteiger partial charge is 0.339 e. The first-order valence-electron chi connectivity index (χ1n) is 4.68. The van der Waals surface area contributed by atoms with Crippen LogP contribution in [0, 0.1) is 0 Å². The SMILES string of the molecule is CCOC(=O)[C@H](O)c1ccccc1OC. The number of benzene rings is 1. The molecule has 1 rings (SSSR count). The largest absolute Gasteiger partial charge is 0.496 e. The Labute approximate surface area is 88.4 Å². The fourth-order valence-corrected chi connectivity index (χ4v) is 1.24. The molecule has 0 bridgehead atoms. The van der Waals surface area contributed by atoms with Crippen molar-refractivity contribution in [2.75, 3.05) is 13.7 Å². The Morgan fingerprint density at radius 3 is 2.73 bits per heavy atom. The number of rotatable bonds is 4. The van der Waals surface area contributed by atoms with Crippen molar-refractivity contribution in [1.82, 2.24) is 0 Å². The third kappa shape index (κ3) is 2.70. The van der Waals surface area contributed by atoms with Crippen molar-refractivity contribution < 1.29 is 19.4 Å². The number of methoxy groups -OCH3 is 1. The molecule has 4 heteroatoms. The summed E-state index contributed by atoms with van der Waals surface area (Å²) in [4.78, 5) is 11.3. The molecule has 4 nitrogen and oxygen atoms in total. The zero-order chi connectivity index (χ0) is 11.3. The molecule has 0 fully saturated rings. The normalized spacial score (nSPS) is 11.9. The summed E-state index contributed by atoms with van der Waals surface area (Å²) in [5.74, 6) is -0.194. The second-order valence-corrected chi connectivity index (χ2v) is 2.90. The van der Waals surface area contributed by atoms with Gasteiger partial charge in [0.05, 0.1) is 13.7 Å². The van der Waals surface area contributed by atoms with E-state index in [4.69, 9.17) is 9.47 Å². The number of aliphatic hydroxyl groups excluding tert-OH is 1. The minimum atomic E-state index is -1.29. The molecule has 1 aromatic carbocycles. The van der Waals surface area contributed by atoms with Gasteiger partial charge in [-0.05, 0) is 13.0 Å². The Bertz CT molecular complexity index is 335. The summed E-state index contributed by atoms with van der Waals surface area (Å²) in [6.45, 7) is 1.93. The number of para-hydroxylation sites is 1. The van der Waals surface area contributed by atoms with Crippen LogP contribution in [0.25, 0.3) is 0 Å². The van der Waals surface area contributed by atoms with Crippen molar-refractivity contribution in [3.63, 3.8) is 0 Å². The van der Waals surface area contributed by atoms with E-state index in [2.05, 4.69) is 0 Å². The average molecular weight is 210 g/mol. The number of aliphatic hydroxyl groups is 1. The molecule has 82 valence electrons. The van der Waals surface area contributed by atoms with Gasteiger partial charge in [-0.1, -0.05) is 18.2 Å². The Hall–Kier alpha value is -1.55. The monoisotopic (exact) mass is 210 g/mol. The summed E-state index contributed by atoms with van der Waals surface area (Å²) in [7, 11) is 1.48. The van der Waals surface area contributed by atoms with Crippen molar-refractivity contribution in [1.29, 1.82) is 0 Å². The van der Waals surface area contributed by atoms with Crippen LogP contribution in [0.3, 0.4) is 0 Å². The minimum Gasteiger partial charge on any atom is -0.496 e.